The van der Waals surface area contributed by atoms with E-state index < -0.39 is 11.2 Å². The minimum absolute atomic E-state index is 0. The molecule has 2 saturated heterocycles. The Morgan fingerprint density at radius 2 is 0.919 bits per heavy atom. The summed E-state index contributed by atoms with van der Waals surface area (Å²) in [5.41, 5.74) is -0.314. The third-order valence-corrected chi connectivity index (χ3v) is 12.7. The summed E-state index contributed by atoms with van der Waals surface area (Å²) in [6.45, 7) is 22.4. The topological polar surface area (TPSA) is 80.8 Å². The van der Waals surface area contributed by atoms with Crippen LogP contribution in [0.25, 0.3) is 10.6 Å². The van der Waals surface area contributed by atoms with Crippen molar-refractivity contribution in [3.63, 3.8) is 0 Å². The SMILES string of the molecule is CC1(C)OC/C(=C/[N-]CC[N-]/C=C2/COC(C)(C)C2=O)C1=O.CC[PH+](CC)CC.CC[PH+](CC)CC.[99Tc]. The summed E-state index contributed by atoms with van der Waals surface area (Å²) in [6, 6.07) is 0. The number of hydrogen-bond acceptors (Lipinski definition) is 4. The number of hydrogen-bond donors (Lipinski definition) is 0. The molecule has 2 aliphatic heterocycles. The van der Waals surface area contributed by atoms with Crippen molar-refractivity contribution in [1.29, 1.82) is 0 Å². The van der Waals surface area contributed by atoms with Crippen LogP contribution in [0.1, 0.15) is 69.2 Å². The molecule has 0 aliphatic carbocycles. The summed E-state index contributed by atoms with van der Waals surface area (Å²) in [5.74, 6) is -0.0440. The zero-order valence-corrected chi connectivity index (χ0v) is 29.0. The molecule has 1 radical (unpaired) electrons. The summed E-state index contributed by atoms with van der Waals surface area (Å²) in [7, 11) is 0.275. The van der Waals surface area contributed by atoms with Crippen molar-refractivity contribution in [1.82, 2.24) is 0 Å². The maximum Gasteiger partial charge on any atom is 0.190 e. The van der Waals surface area contributed by atoms with Crippen molar-refractivity contribution in [2.24, 2.45) is 0 Å². The van der Waals surface area contributed by atoms with Crippen molar-refractivity contribution in [3.8, 4) is 0 Å². The zero-order chi connectivity index (χ0) is 27.8. The Bertz CT molecular complexity index is 648. The first kappa shape index (κ1) is 39.0. The standard InChI is InChI=1S/C16H24N2O4.2C6H15P.Tc/c1-15(2)13(19)11(9-21-15)7-17-5-6-18-8-12-10-22-16(3,4)14(12)20;2*1-4-7(5-2)6-3;/h7-8H,5-6,9-10H2,1-4H3,(H2,17,18,19,20);2*4-6H2,1-3H3;/i;;;1+1. The fourth-order valence-corrected chi connectivity index (χ4v) is 6.71. The fraction of sp³-hybridized carbons (Fsp3) is 0.786. The normalized spacial score (nSPS) is 19.9. The van der Waals surface area contributed by atoms with Crippen molar-refractivity contribution in [3.05, 3.63) is 34.2 Å². The molecule has 37 heavy (non-hydrogen) atoms. The molecular formula is C28H54N2O4P2Tc. The Kier molecular flexibility index (Phi) is 21.8. The molecule has 0 spiro atoms. The van der Waals surface area contributed by atoms with Crippen LogP contribution in [0, 0.1) is 0 Å². The molecule has 0 amide bonds. The van der Waals surface area contributed by atoms with Gasteiger partial charge in [-0.1, -0.05) is 0 Å². The van der Waals surface area contributed by atoms with Crippen molar-refractivity contribution < 1.29 is 39.2 Å². The largest absolute Gasteiger partial charge is 0.691 e. The first-order chi connectivity index (χ1) is 16.9. The van der Waals surface area contributed by atoms with Gasteiger partial charge in [-0.25, -0.2) is 0 Å². The third kappa shape index (κ3) is 14.7. The molecule has 0 saturated carbocycles. The number of rotatable bonds is 11. The van der Waals surface area contributed by atoms with Crippen molar-refractivity contribution in [2.45, 2.75) is 80.4 Å². The van der Waals surface area contributed by atoms with Gasteiger partial charge in [-0.3, -0.25) is 9.59 Å². The van der Waals surface area contributed by atoms with E-state index in [-0.39, 0.29) is 47.5 Å². The van der Waals surface area contributed by atoms with Crippen LogP contribution in [0.4, 0.5) is 0 Å². The second-order valence-electron chi connectivity index (χ2n) is 10.00. The van der Waals surface area contributed by atoms with Crippen molar-refractivity contribution >= 4 is 27.4 Å². The summed E-state index contributed by atoms with van der Waals surface area (Å²) in [6.07, 6.45) is 11.9. The van der Waals surface area contributed by atoms with E-state index in [9.17, 15) is 9.59 Å². The quantitative estimate of drug-likeness (QED) is 0.141. The summed E-state index contributed by atoms with van der Waals surface area (Å²) in [4.78, 5) is 23.8. The van der Waals surface area contributed by atoms with E-state index in [0.717, 1.165) is 0 Å². The Labute approximate surface area is 243 Å². The van der Waals surface area contributed by atoms with Gasteiger partial charge in [0.15, 0.2) is 11.6 Å². The molecule has 0 N–H and O–H groups in total. The van der Waals surface area contributed by atoms with E-state index >= 15 is 0 Å². The first-order valence-corrected chi connectivity index (χ1v) is 17.9. The van der Waals surface area contributed by atoms with Crippen LogP contribution >= 0.6 is 15.8 Å². The van der Waals surface area contributed by atoms with Gasteiger partial charge in [-0.2, -0.15) is 12.4 Å². The number of Topliss-reactive ketones (excluding diaryl/α,β-unsaturated/α-hetero) is 2. The predicted molar refractivity (Wildman–Crippen MR) is 163 cm³/mol. The number of carbonyl (C=O) groups is 2. The predicted octanol–water partition coefficient (Wildman–Crippen LogP) is 6.78. The molecule has 0 aromatic carbocycles. The van der Waals surface area contributed by atoms with E-state index in [1.165, 1.54) is 37.0 Å². The monoisotopic (exact) mass is 643 g/mol. The maximum absolute atomic E-state index is 11.9. The van der Waals surface area contributed by atoms with E-state index in [1.807, 2.05) is 0 Å². The smallest absolute Gasteiger partial charge is 0.190 e. The molecule has 0 atom stereocenters. The Morgan fingerprint density at radius 3 is 1.08 bits per heavy atom. The Hall–Kier alpha value is -0.151. The Morgan fingerprint density at radius 1 is 0.649 bits per heavy atom. The molecule has 217 valence electrons. The molecule has 0 unspecified atom stereocenters. The van der Waals surface area contributed by atoms with Crippen molar-refractivity contribution in [2.75, 3.05) is 63.3 Å². The van der Waals surface area contributed by atoms with E-state index in [4.69, 9.17) is 9.47 Å². The molecule has 2 rings (SSSR count). The van der Waals surface area contributed by atoms with Crippen LogP contribution in [0.2, 0.25) is 0 Å². The van der Waals surface area contributed by atoms with Crippen LogP contribution in [-0.2, 0) is 39.2 Å². The van der Waals surface area contributed by atoms with Crippen LogP contribution in [0.5, 0.6) is 0 Å². The molecule has 2 aliphatic rings. The average Bonchev–Trinajstić information content (AvgIpc) is 3.27. The van der Waals surface area contributed by atoms with Crippen LogP contribution in [0.3, 0.4) is 0 Å². The second-order valence-corrected chi connectivity index (χ2v) is 17.2. The fourth-order valence-electron chi connectivity index (χ4n) is 3.71. The average molecular weight is 644 g/mol. The van der Waals surface area contributed by atoms with Gasteiger partial charge in [0.25, 0.3) is 0 Å². The van der Waals surface area contributed by atoms with E-state index in [1.54, 1.807) is 40.1 Å². The Balaban J connectivity index is 0. The number of ketones is 2. The molecule has 6 nitrogen and oxygen atoms in total. The van der Waals surface area contributed by atoms with Gasteiger partial charge in [-0.15, -0.1) is 13.1 Å². The molecule has 0 aromatic rings. The molecule has 0 aromatic heterocycles. The maximum atomic E-state index is 11.9. The van der Waals surface area contributed by atoms with E-state index in [2.05, 4.69) is 52.2 Å². The molecule has 9 heteroatoms. The second kappa shape index (κ2) is 20.7. The molecule has 2 fully saturated rings. The summed E-state index contributed by atoms with van der Waals surface area (Å²) < 4.78 is 10.8. The van der Waals surface area contributed by atoms with Crippen LogP contribution < -0.4 is 0 Å². The van der Waals surface area contributed by atoms with Crippen LogP contribution in [-0.4, -0.2) is 86.0 Å². The van der Waals surface area contributed by atoms with Gasteiger partial charge in [0.2, 0.25) is 0 Å². The molecular weight excluding hydrogens is 589 g/mol. The van der Waals surface area contributed by atoms with Gasteiger partial charge in [0.05, 0.1) is 50.2 Å². The molecule has 2 heterocycles. The number of ether oxygens (including phenoxy) is 2. The first-order valence-electron chi connectivity index (χ1n) is 13.7. The summed E-state index contributed by atoms with van der Waals surface area (Å²) >= 11 is 0. The number of carbonyl (C=O) groups excluding carboxylic acids is 2. The van der Waals surface area contributed by atoms with Crippen LogP contribution in [0.15, 0.2) is 23.5 Å². The minimum atomic E-state index is -0.744. The molecule has 0 bridgehead atoms. The zero-order valence-electron chi connectivity index (χ0n) is 25.1. The van der Waals surface area contributed by atoms with Gasteiger partial charge in [-0.05, 0) is 85.1 Å². The van der Waals surface area contributed by atoms with E-state index in [0.29, 0.717) is 37.4 Å². The van der Waals surface area contributed by atoms with Gasteiger partial charge in [0, 0.05) is 31.3 Å². The van der Waals surface area contributed by atoms with Gasteiger partial charge in [0.1, 0.15) is 11.2 Å². The summed E-state index contributed by atoms with van der Waals surface area (Å²) in [5, 5.41) is 8.36. The third-order valence-electron chi connectivity index (χ3n) is 6.71. The number of nitrogens with zero attached hydrogens (tertiary/aromatic N) is 2. The van der Waals surface area contributed by atoms with Gasteiger partial charge >= 0.3 is 0 Å². The van der Waals surface area contributed by atoms with Gasteiger partial charge < -0.3 is 20.1 Å². The minimum Gasteiger partial charge on any atom is -0.691 e.